The highest BCUT2D eigenvalue weighted by Gasteiger charge is 2.24. The van der Waals surface area contributed by atoms with Crippen LogP contribution in [0.5, 0.6) is 0 Å². The summed E-state index contributed by atoms with van der Waals surface area (Å²) in [6, 6.07) is 2.24. The van der Waals surface area contributed by atoms with Crippen molar-refractivity contribution in [2.75, 3.05) is 0 Å². The van der Waals surface area contributed by atoms with Crippen molar-refractivity contribution in [1.29, 1.82) is 0 Å². The summed E-state index contributed by atoms with van der Waals surface area (Å²) < 4.78 is 43.6. The predicted molar refractivity (Wildman–Crippen MR) is 50.3 cm³/mol. The first-order valence-corrected chi connectivity index (χ1v) is 7.69. The minimum Gasteiger partial charge on any atom is -0.242 e. The van der Waals surface area contributed by atoms with Crippen molar-refractivity contribution in [2.45, 2.75) is 9.92 Å². The highest BCUT2D eigenvalue weighted by Crippen LogP contribution is 2.24. The Morgan fingerprint density at radius 1 is 1.07 bits per heavy atom. The van der Waals surface area contributed by atoms with Crippen LogP contribution in [-0.4, -0.2) is 21.8 Å². The lowest BCUT2D eigenvalue weighted by Crippen LogP contribution is -2.03. The molecule has 0 amide bonds. The summed E-state index contributed by atoms with van der Waals surface area (Å²) in [7, 11) is 1.55. The summed E-state index contributed by atoms with van der Waals surface area (Å²) in [6.45, 7) is 0. The van der Waals surface area contributed by atoms with Crippen molar-refractivity contribution in [3.8, 4) is 0 Å². The summed E-state index contributed by atoms with van der Waals surface area (Å²) in [5.41, 5.74) is 0. The first-order chi connectivity index (χ1) is 6.23. The molecule has 0 fully saturated rings. The second-order valence-corrected chi connectivity index (χ2v) is 7.20. The van der Waals surface area contributed by atoms with E-state index in [1.807, 2.05) is 0 Å². The van der Waals surface area contributed by atoms with Gasteiger partial charge in [0.25, 0.3) is 18.1 Å². The Labute approximate surface area is 89.5 Å². The minimum absolute atomic E-state index is 0.628. The average Bonchev–Trinajstić information content (AvgIpc) is 2.01. The van der Waals surface area contributed by atoms with Crippen molar-refractivity contribution < 1.29 is 16.8 Å². The van der Waals surface area contributed by atoms with Crippen LogP contribution in [0, 0.1) is 0 Å². The lowest BCUT2D eigenvalue weighted by molar-refractivity contribution is 0.592. The molecule has 0 aliphatic rings. The Hall–Kier alpha value is -0.370. The molecule has 0 saturated carbocycles. The molecule has 0 saturated heterocycles. The molecule has 78 valence electrons. The second kappa shape index (κ2) is 3.65. The van der Waals surface area contributed by atoms with Gasteiger partial charge in [-0.25, -0.2) is 21.8 Å². The lowest BCUT2D eigenvalue weighted by atomic mass is 10.5. The third-order valence-corrected chi connectivity index (χ3v) is 3.94. The van der Waals surface area contributed by atoms with E-state index in [4.69, 9.17) is 21.4 Å². The molecule has 0 spiro atoms. The molecule has 0 aromatic carbocycles. The van der Waals surface area contributed by atoms with Gasteiger partial charge in [0.1, 0.15) is 4.90 Å². The molecule has 1 heterocycles. The number of nitrogens with zero attached hydrogens (tertiary/aromatic N) is 1. The fourth-order valence-electron chi connectivity index (χ4n) is 0.745. The minimum atomic E-state index is -4.22. The van der Waals surface area contributed by atoms with Crippen molar-refractivity contribution in [3.63, 3.8) is 0 Å². The Balaban J connectivity index is 3.64. The Bertz CT molecular complexity index is 500. The normalized spacial score (nSPS) is 12.7. The van der Waals surface area contributed by atoms with Gasteiger partial charge in [0.15, 0.2) is 5.03 Å². The maximum atomic E-state index is 10.9. The van der Waals surface area contributed by atoms with E-state index in [1.54, 1.807) is 0 Å². The topological polar surface area (TPSA) is 81.2 Å². The van der Waals surface area contributed by atoms with Gasteiger partial charge in [-0.2, -0.15) is 0 Å². The Morgan fingerprint density at radius 2 is 1.64 bits per heavy atom. The van der Waals surface area contributed by atoms with Crippen LogP contribution < -0.4 is 0 Å². The molecule has 0 N–H and O–H groups in total. The van der Waals surface area contributed by atoms with E-state index in [0.29, 0.717) is 0 Å². The van der Waals surface area contributed by atoms with E-state index in [0.717, 1.165) is 12.3 Å². The van der Waals surface area contributed by atoms with Gasteiger partial charge in [-0.15, -0.1) is 0 Å². The fourth-order valence-corrected chi connectivity index (χ4v) is 3.42. The summed E-state index contributed by atoms with van der Waals surface area (Å²) in [5.74, 6) is 0. The number of hydrogen-bond donors (Lipinski definition) is 0. The van der Waals surface area contributed by atoms with E-state index in [9.17, 15) is 16.8 Å². The molecule has 1 rings (SSSR count). The first kappa shape index (κ1) is 11.7. The van der Waals surface area contributed by atoms with Crippen LogP contribution in [-0.2, 0) is 18.1 Å². The monoisotopic (exact) mass is 275 g/mol. The molecule has 0 aliphatic heterocycles. The van der Waals surface area contributed by atoms with Crippen LogP contribution in [0.15, 0.2) is 28.3 Å². The molecular weight excluding hydrogens is 273 g/mol. The third kappa shape index (κ3) is 2.57. The van der Waals surface area contributed by atoms with Crippen LogP contribution in [0.25, 0.3) is 0 Å². The summed E-state index contributed by atoms with van der Waals surface area (Å²) >= 11 is 0. The molecule has 1 aromatic rings. The Morgan fingerprint density at radius 3 is 2.00 bits per heavy atom. The van der Waals surface area contributed by atoms with Gasteiger partial charge in [-0.05, 0) is 12.1 Å². The zero-order valence-electron chi connectivity index (χ0n) is 6.38. The summed E-state index contributed by atoms with van der Waals surface area (Å²) in [6.07, 6.45) is 1.10. The zero-order valence-corrected chi connectivity index (χ0v) is 9.53. The molecule has 14 heavy (non-hydrogen) atoms. The molecule has 0 radical (unpaired) electrons. The SMILES string of the molecule is O=S(=O)(Cl)c1cccnc1S(=O)(=O)Cl. The number of halogens is 2. The van der Waals surface area contributed by atoms with Gasteiger partial charge in [-0.1, -0.05) is 0 Å². The molecule has 0 aliphatic carbocycles. The summed E-state index contributed by atoms with van der Waals surface area (Å²) in [5, 5.41) is -0.767. The van der Waals surface area contributed by atoms with E-state index < -0.39 is 28.0 Å². The van der Waals surface area contributed by atoms with Crippen LogP contribution in [0.1, 0.15) is 0 Å². The third-order valence-electron chi connectivity index (χ3n) is 1.23. The standard InChI is InChI=1S/C5H3Cl2NO4S2/c6-13(9,10)4-2-1-3-8-5(4)14(7,11)12/h1-3H. The largest absolute Gasteiger partial charge is 0.280 e. The maximum absolute atomic E-state index is 10.9. The van der Waals surface area contributed by atoms with E-state index in [-0.39, 0.29) is 0 Å². The predicted octanol–water partition coefficient (Wildman–Crippen LogP) is 0.937. The van der Waals surface area contributed by atoms with Crippen molar-refractivity contribution >= 4 is 39.5 Å². The first-order valence-electron chi connectivity index (χ1n) is 3.07. The molecule has 5 nitrogen and oxygen atoms in total. The Kier molecular flexibility index (Phi) is 3.05. The van der Waals surface area contributed by atoms with Crippen LogP contribution in [0.3, 0.4) is 0 Å². The van der Waals surface area contributed by atoms with Gasteiger partial charge in [0.2, 0.25) is 0 Å². The van der Waals surface area contributed by atoms with Crippen LogP contribution >= 0.6 is 21.4 Å². The van der Waals surface area contributed by atoms with Crippen LogP contribution in [0.2, 0.25) is 0 Å². The van der Waals surface area contributed by atoms with Gasteiger partial charge in [-0.3, -0.25) is 0 Å². The molecule has 1 aromatic heterocycles. The van der Waals surface area contributed by atoms with Crippen LogP contribution in [0.4, 0.5) is 0 Å². The molecule has 0 atom stereocenters. The fraction of sp³-hybridized carbons (Fsp3) is 0. The van der Waals surface area contributed by atoms with E-state index in [1.165, 1.54) is 6.07 Å². The molecule has 9 heteroatoms. The number of aromatic nitrogens is 1. The summed E-state index contributed by atoms with van der Waals surface area (Å²) in [4.78, 5) is 2.70. The lowest BCUT2D eigenvalue weighted by Gasteiger charge is -2.00. The molecular formula is C5H3Cl2NO4S2. The average molecular weight is 276 g/mol. The second-order valence-electron chi connectivity index (χ2n) is 2.18. The van der Waals surface area contributed by atoms with Gasteiger partial charge < -0.3 is 0 Å². The highest BCUT2D eigenvalue weighted by molar-refractivity contribution is 8.16. The van der Waals surface area contributed by atoms with Crippen molar-refractivity contribution in [3.05, 3.63) is 18.3 Å². The number of hydrogen-bond acceptors (Lipinski definition) is 5. The van der Waals surface area contributed by atoms with Gasteiger partial charge in [0.05, 0.1) is 0 Å². The van der Waals surface area contributed by atoms with Gasteiger partial charge >= 0.3 is 0 Å². The van der Waals surface area contributed by atoms with Gasteiger partial charge in [0, 0.05) is 27.6 Å². The number of pyridine rings is 1. The molecule has 0 unspecified atom stereocenters. The van der Waals surface area contributed by atoms with Crippen molar-refractivity contribution in [1.82, 2.24) is 4.98 Å². The smallest absolute Gasteiger partial charge is 0.242 e. The van der Waals surface area contributed by atoms with E-state index >= 15 is 0 Å². The molecule has 0 bridgehead atoms. The van der Waals surface area contributed by atoms with E-state index in [2.05, 4.69) is 4.98 Å². The van der Waals surface area contributed by atoms with Crippen molar-refractivity contribution in [2.24, 2.45) is 0 Å². The maximum Gasteiger partial charge on any atom is 0.280 e. The zero-order chi connectivity index (χ0) is 11.0. The quantitative estimate of drug-likeness (QED) is 0.751. The highest BCUT2D eigenvalue weighted by atomic mass is 35.7. The number of rotatable bonds is 2.